The van der Waals surface area contributed by atoms with Gasteiger partial charge in [-0.1, -0.05) is 19.9 Å². The number of carbonyl (C=O) groups is 2. The van der Waals surface area contributed by atoms with Crippen LogP contribution < -0.4 is 30.3 Å². The van der Waals surface area contributed by atoms with Gasteiger partial charge in [0.2, 0.25) is 0 Å². The lowest BCUT2D eigenvalue weighted by molar-refractivity contribution is -0.136. The van der Waals surface area contributed by atoms with Gasteiger partial charge in [-0.05, 0) is 67.3 Å². The van der Waals surface area contributed by atoms with Crippen LogP contribution in [-0.2, 0) is 9.53 Å². The maximum Gasteiger partial charge on any atom is 0.337 e. The second-order valence-corrected chi connectivity index (χ2v) is 9.19. The molecule has 0 spiro atoms. The normalized spacial score (nSPS) is 16.0. The zero-order valence-electron chi connectivity index (χ0n) is 22.8. The molecule has 0 aliphatic carbocycles. The number of rotatable bonds is 13. The van der Waals surface area contributed by atoms with Crippen LogP contribution in [0.3, 0.4) is 0 Å². The molecule has 0 unspecified atom stereocenters. The number of hydrogen-bond donors (Lipinski definition) is 4. The largest absolute Gasteiger partial charge is 0.493 e. The van der Waals surface area contributed by atoms with Gasteiger partial charge < -0.3 is 34.7 Å². The maximum atomic E-state index is 12.4. The Morgan fingerprint density at radius 2 is 1.85 bits per heavy atom. The summed E-state index contributed by atoms with van der Waals surface area (Å²) in [5, 5.41) is 19.7. The number of nitrogens with zero attached hydrogens (tertiary/aromatic N) is 1. The van der Waals surface area contributed by atoms with E-state index in [0.717, 1.165) is 11.3 Å². The lowest BCUT2D eigenvalue weighted by Crippen LogP contribution is -2.45. The van der Waals surface area contributed by atoms with Crippen molar-refractivity contribution in [3.05, 3.63) is 64.9 Å². The van der Waals surface area contributed by atoms with E-state index in [0.29, 0.717) is 41.9 Å². The molecule has 39 heavy (non-hydrogen) atoms. The van der Waals surface area contributed by atoms with E-state index in [4.69, 9.17) is 18.9 Å². The van der Waals surface area contributed by atoms with Gasteiger partial charge in [-0.3, -0.25) is 5.43 Å². The summed E-state index contributed by atoms with van der Waals surface area (Å²) in [6, 6.07) is 11.3. The van der Waals surface area contributed by atoms with Crippen LogP contribution in [0, 0.1) is 5.92 Å². The third-order valence-electron chi connectivity index (χ3n) is 5.57. The summed E-state index contributed by atoms with van der Waals surface area (Å²) in [4.78, 5) is 24.5. The van der Waals surface area contributed by atoms with Crippen LogP contribution in [0.5, 0.6) is 17.2 Å². The Labute approximate surface area is 228 Å². The number of amides is 2. The minimum atomic E-state index is -1.09. The number of allylic oxidation sites excluding steroid dienone is 1. The van der Waals surface area contributed by atoms with Gasteiger partial charge in [0.15, 0.2) is 17.7 Å². The number of urea groups is 1. The maximum absolute atomic E-state index is 12.4. The lowest BCUT2D eigenvalue weighted by Gasteiger charge is -2.28. The monoisotopic (exact) mass is 540 g/mol. The number of aliphatic hydroxyl groups is 1. The SMILES string of the molecule is CCOc1cc([C@H]2NC(=O)NC(C)=C2C(=O)OC)ccc1OC[C@H](O)N/N=C\c1ccc(OCC(C)C)cc1. The van der Waals surface area contributed by atoms with Crippen LogP contribution in [0.4, 0.5) is 4.79 Å². The molecule has 2 atom stereocenters. The second kappa shape index (κ2) is 14.1. The summed E-state index contributed by atoms with van der Waals surface area (Å²) >= 11 is 0. The number of hydrazone groups is 1. The zero-order chi connectivity index (χ0) is 28.4. The predicted octanol–water partition coefficient (Wildman–Crippen LogP) is 3.24. The average molecular weight is 541 g/mol. The first kappa shape index (κ1) is 29.3. The highest BCUT2D eigenvalue weighted by atomic mass is 16.5. The van der Waals surface area contributed by atoms with Crippen molar-refractivity contribution < 1.29 is 33.6 Å². The van der Waals surface area contributed by atoms with E-state index < -0.39 is 24.3 Å². The molecule has 1 heterocycles. The van der Waals surface area contributed by atoms with Crippen LogP contribution in [-0.4, -0.2) is 56.5 Å². The van der Waals surface area contributed by atoms with Crippen LogP contribution in [0.1, 0.15) is 44.9 Å². The Balaban J connectivity index is 1.62. The Kier molecular flexibility index (Phi) is 10.6. The van der Waals surface area contributed by atoms with Gasteiger partial charge in [0.1, 0.15) is 12.4 Å². The average Bonchev–Trinajstić information content (AvgIpc) is 2.91. The highest BCUT2D eigenvalue weighted by Crippen LogP contribution is 2.34. The molecular formula is C28H36N4O7. The van der Waals surface area contributed by atoms with Crippen LogP contribution in [0.25, 0.3) is 0 Å². The predicted molar refractivity (Wildman–Crippen MR) is 146 cm³/mol. The van der Waals surface area contributed by atoms with Crippen molar-refractivity contribution in [2.45, 2.75) is 40.0 Å². The number of benzene rings is 2. The Bertz CT molecular complexity index is 1190. The molecule has 1 aliphatic rings. The van der Waals surface area contributed by atoms with Crippen LogP contribution in [0.2, 0.25) is 0 Å². The van der Waals surface area contributed by atoms with E-state index >= 15 is 0 Å². The van der Waals surface area contributed by atoms with Crippen molar-refractivity contribution in [1.29, 1.82) is 0 Å². The molecule has 4 N–H and O–H groups in total. The minimum Gasteiger partial charge on any atom is -0.493 e. The van der Waals surface area contributed by atoms with E-state index in [1.54, 1.807) is 31.3 Å². The van der Waals surface area contributed by atoms with E-state index in [1.807, 2.05) is 31.2 Å². The van der Waals surface area contributed by atoms with E-state index in [9.17, 15) is 14.7 Å². The molecule has 11 nitrogen and oxygen atoms in total. The van der Waals surface area contributed by atoms with E-state index in [-0.39, 0.29) is 12.2 Å². The molecule has 0 aromatic heterocycles. The first-order valence-electron chi connectivity index (χ1n) is 12.7. The van der Waals surface area contributed by atoms with Gasteiger partial charge in [-0.25, -0.2) is 9.59 Å². The summed E-state index contributed by atoms with van der Waals surface area (Å²) in [6.07, 6.45) is 0.488. The Morgan fingerprint density at radius 1 is 1.10 bits per heavy atom. The summed E-state index contributed by atoms with van der Waals surface area (Å²) < 4.78 is 22.1. The number of esters is 1. The number of ether oxygens (including phenoxy) is 4. The number of nitrogens with one attached hydrogen (secondary N) is 3. The van der Waals surface area contributed by atoms with Gasteiger partial charge in [0, 0.05) is 5.70 Å². The molecule has 2 aromatic carbocycles. The highest BCUT2D eigenvalue weighted by Gasteiger charge is 2.32. The van der Waals surface area contributed by atoms with E-state index in [2.05, 4.69) is 35.0 Å². The second-order valence-electron chi connectivity index (χ2n) is 9.19. The molecule has 0 radical (unpaired) electrons. The molecule has 210 valence electrons. The summed E-state index contributed by atoms with van der Waals surface area (Å²) in [6.45, 7) is 8.51. The lowest BCUT2D eigenvalue weighted by atomic mass is 9.95. The van der Waals surface area contributed by atoms with Crippen LogP contribution in [0.15, 0.2) is 58.8 Å². The van der Waals surface area contributed by atoms with Crippen LogP contribution >= 0.6 is 0 Å². The Morgan fingerprint density at radius 3 is 2.51 bits per heavy atom. The van der Waals surface area contributed by atoms with Crippen molar-refractivity contribution in [1.82, 2.24) is 16.1 Å². The van der Waals surface area contributed by atoms with Gasteiger partial charge in [-0.2, -0.15) is 5.10 Å². The van der Waals surface area contributed by atoms with Crippen molar-refractivity contribution in [3.8, 4) is 17.2 Å². The first-order valence-corrected chi connectivity index (χ1v) is 12.7. The molecule has 1 aliphatic heterocycles. The van der Waals surface area contributed by atoms with Gasteiger partial charge in [-0.15, -0.1) is 0 Å². The summed E-state index contributed by atoms with van der Waals surface area (Å²) in [5.74, 6) is 1.44. The van der Waals surface area contributed by atoms with Gasteiger partial charge >= 0.3 is 12.0 Å². The fourth-order valence-electron chi connectivity index (χ4n) is 3.73. The molecular weight excluding hydrogens is 504 g/mol. The van der Waals surface area contributed by atoms with Gasteiger partial charge in [0.05, 0.1) is 38.2 Å². The van der Waals surface area contributed by atoms with Crippen molar-refractivity contribution >= 4 is 18.2 Å². The van der Waals surface area contributed by atoms with Crippen molar-refractivity contribution in [3.63, 3.8) is 0 Å². The number of aliphatic hydroxyl groups excluding tert-OH is 1. The van der Waals surface area contributed by atoms with Crippen molar-refractivity contribution in [2.24, 2.45) is 11.0 Å². The molecule has 0 saturated heterocycles. The third-order valence-corrected chi connectivity index (χ3v) is 5.57. The molecule has 2 amide bonds. The minimum absolute atomic E-state index is 0.116. The molecule has 0 saturated carbocycles. The smallest absolute Gasteiger partial charge is 0.337 e. The van der Waals surface area contributed by atoms with E-state index in [1.165, 1.54) is 7.11 Å². The number of carbonyl (C=O) groups excluding carboxylic acids is 2. The molecule has 3 rings (SSSR count). The number of hydrogen-bond acceptors (Lipinski definition) is 9. The topological polar surface area (TPSA) is 140 Å². The third kappa shape index (κ3) is 8.37. The molecule has 2 aromatic rings. The summed E-state index contributed by atoms with van der Waals surface area (Å²) in [7, 11) is 1.28. The molecule has 0 fully saturated rings. The standard InChI is InChI=1S/C28H36N4O7/c1-6-37-23-13-20(26-25(27(34)36-5)18(4)30-28(35)31-26)9-12-22(23)39-16-24(33)32-29-14-19-7-10-21(11-8-19)38-15-17(2)3/h7-14,17,24,26,32-33H,6,15-16H2,1-5H3,(H2,30,31,35)/b29-14-/t24-,26+/m0/s1. The number of methoxy groups -OCH3 is 1. The first-order chi connectivity index (χ1) is 18.7. The Hall–Kier alpha value is -4.25. The molecule has 0 bridgehead atoms. The zero-order valence-corrected chi connectivity index (χ0v) is 22.8. The quantitative estimate of drug-likeness (QED) is 0.131. The molecule has 11 heteroatoms. The fourth-order valence-corrected chi connectivity index (χ4v) is 3.73. The summed E-state index contributed by atoms with van der Waals surface area (Å²) in [5.41, 5.74) is 4.74. The van der Waals surface area contributed by atoms with Crippen molar-refractivity contribution in [2.75, 3.05) is 26.9 Å². The fraction of sp³-hybridized carbons (Fsp3) is 0.393. The highest BCUT2D eigenvalue weighted by molar-refractivity contribution is 5.95. The van der Waals surface area contributed by atoms with Gasteiger partial charge in [0.25, 0.3) is 0 Å².